The fraction of sp³-hybridized carbons (Fsp3) is 0.429. The number of benzene rings is 1. The minimum Gasteiger partial charge on any atom is -0.478 e. The lowest BCUT2D eigenvalue weighted by atomic mass is 10.2. The molecule has 0 heterocycles. The van der Waals surface area contributed by atoms with Gasteiger partial charge in [-0.25, -0.2) is 9.59 Å². The van der Waals surface area contributed by atoms with Crippen LogP contribution in [0, 0.1) is 5.92 Å². The molecule has 2 amide bonds. The van der Waals surface area contributed by atoms with Crippen LogP contribution in [0.4, 0.5) is 10.5 Å². The van der Waals surface area contributed by atoms with Gasteiger partial charge < -0.3 is 20.5 Å². The minimum atomic E-state index is -1.16. The first-order chi connectivity index (χ1) is 9.90. The molecule has 3 N–H and O–H groups in total. The van der Waals surface area contributed by atoms with Crippen LogP contribution in [0.2, 0.25) is 5.02 Å². The highest BCUT2D eigenvalue weighted by Crippen LogP contribution is 2.20. The van der Waals surface area contributed by atoms with Gasteiger partial charge in [-0.05, 0) is 24.1 Å². The fourth-order valence-corrected chi connectivity index (χ4v) is 1.70. The molecule has 1 aromatic carbocycles. The molecule has 0 radical (unpaired) electrons. The molecule has 1 aromatic rings. The third kappa shape index (κ3) is 6.46. The fourth-order valence-electron chi connectivity index (χ4n) is 1.52. The monoisotopic (exact) mass is 314 g/mol. The molecular formula is C14H19ClN2O4. The van der Waals surface area contributed by atoms with Crippen molar-refractivity contribution in [2.45, 2.75) is 13.8 Å². The molecule has 0 aliphatic heterocycles. The zero-order valence-corrected chi connectivity index (χ0v) is 12.7. The van der Waals surface area contributed by atoms with Gasteiger partial charge in [0.2, 0.25) is 0 Å². The Morgan fingerprint density at radius 1 is 1.38 bits per heavy atom. The number of aromatic carboxylic acids is 1. The van der Waals surface area contributed by atoms with Crippen molar-refractivity contribution in [2.75, 3.05) is 25.1 Å². The largest absolute Gasteiger partial charge is 0.478 e. The average molecular weight is 315 g/mol. The summed E-state index contributed by atoms with van der Waals surface area (Å²) in [6.45, 7) is 5.44. The highest BCUT2D eigenvalue weighted by atomic mass is 35.5. The van der Waals surface area contributed by atoms with Crippen molar-refractivity contribution in [2.24, 2.45) is 5.92 Å². The molecular weight excluding hydrogens is 296 g/mol. The first-order valence-corrected chi connectivity index (χ1v) is 6.93. The van der Waals surface area contributed by atoms with E-state index in [1.165, 1.54) is 18.2 Å². The molecule has 0 aliphatic carbocycles. The second-order valence-corrected chi connectivity index (χ2v) is 5.28. The lowest BCUT2D eigenvalue weighted by Gasteiger charge is -2.11. The lowest BCUT2D eigenvalue weighted by molar-refractivity contribution is 0.0698. The van der Waals surface area contributed by atoms with Gasteiger partial charge in [0.05, 0.1) is 17.9 Å². The third-order valence-electron chi connectivity index (χ3n) is 2.44. The summed E-state index contributed by atoms with van der Waals surface area (Å²) in [5.41, 5.74) is 0.126. The molecule has 0 saturated carbocycles. The Bertz CT molecular complexity index is 506. The molecule has 0 spiro atoms. The summed E-state index contributed by atoms with van der Waals surface area (Å²) in [4.78, 5) is 22.7. The van der Waals surface area contributed by atoms with E-state index < -0.39 is 12.0 Å². The van der Waals surface area contributed by atoms with E-state index in [0.29, 0.717) is 30.7 Å². The van der Waals surface area contributed by atoms with E-state index in [2.05, 4.69) is 10.6 Å². The Balaban J connectivity index is 2.46. The molecule has 6 nitrogen and oxygen atoms in total. The first kappa shape index (κ1) is 17.3. The van der Waals surface area contributed by atoms with Gasteiger partial charge in [-0.2, -0.15) is 0 Å². The topological polar surface area (TPSA) is 87.7 Å². The molecule has 0 bridgehead atoms. The van der Waals surface area contributed by atoms with Crippen molar-refractivity contribution in [1.82, 2.24) is 5.32 Å². The average Bonchev–Trinajstić information content (AvgIpc) is 2.39. The zero-order chi connectivity index (χ0) is 15.8. The molecule has 0 saturated heterocycles. The molecule has 116 valence electrons. The van der Waals surface area contributed by atoms with E-state index in [0.717, 1.165) is 0 Å². The van der Waals surface area contributed by atoms with Crippen molar-refractivity contribution in [3.63, 3.8) is 0 Å². The second kappa shape index (κ2) is 8.49. The predicted molar refractivity (Wildman–Crippen MR) is 81.1 cm³/mol. The van der Waals surface area contributed by atoms with Crippen molar-refractivity contribution < 1.29 is 19.4 Å². The minimum absolute atomic E-state index is 0.0614. The first-order valence-electron chi connectivity index (χ1n) is 6.55. The number of carboxylic acid groups (broad SMARTS) is 1. The van der Waals surface area contributed by atoms with Crippen molar-refractivity contribution in [3.05, 3.63) is 28.8 Å². The number of carbonyl (C=O) groups excluding carboxylic acids is 1. The van der Waals surface area contributed by atoms with Crippen molar-refractivity contribution in [1.29, 1.82) is 0 Å². The summed E-state index contributed by atoms with van der Waals surface area (Å²) in [5, 5.41) is 14.4. The molecule has 7 heteroatoms. The summed E-state index contributed by atoms with van der Waals surface area (Å²) in [7, 11) is 0. The van der Waals surface area contributed by atoms with E-state index in [1.54, 1.807) is 0 Å². The van der Waals surface area contributed by atoms with E-state index in [1.807, 2.05) is 13.8 Å². The van der Waals surface area contributed by atoms with Crippen LogP contribution >= 0.6 is 11.6 Å². The molecule has 0 fully saturated rings. The number of hydrogen-bond acceptors (Lipinski definition) is 3. The van der Waals surface area contributed by atoms with Crippen molar-refractivity contribution in [3.8, 4) is 0 Å². The molecule has 21 heavy (non-hydrogen) atoms. The standard InChI is InChI=1S/C14H19ClN2O4/c1-9(2)8-21-6-5-16-14(20)17-12-4-3-10(15)7-11(12)13(18)19/h3-4,7,9H,5-6,8H2,1-2H3,(H,18,19)(H2,16,17,20). The maximum Gasteiger partial charge on any atom is 0.337 e. The molecule has 0 unspecified atom stereocenters. The Labute approximate surface area is 128 Å². The Morgan fingerprint density at radius 3 is 2.71 bits per heavy atom. The van der Waals surface area contributed by atoms with Crippen LogP contribution in [-0.2, 0) is 4.74 Å². The van der Waals surface area contributed by atoms with Gasteiger partial charge in [0.25, 0.3) is 0 Å². The van der Waals surface area contributed by atoms with E-state index in [4.69, 9.17) is 21.4 Å². The number of amides is 2. The van der Waals surface area contributed by atoms with E-state index in [9.17, 15) is 9.59 Å². The zero-order valence-electron chi connectivity index (χ0n) is 12.0. The summed E-state index contributed by atoms with van der Waals surface area (Å²) in [6, 6.07) is 3.74. The van der Waals surface area contributed by atoms with Crippen LogP contribution < -0.4 is 10.6 Å². The maximum atomic E-state index is 11.7. The summed E-state index contributed by atoms with van der Waals surface area (Å²) in [5.74, 6) is -0.723. The number of ether oxygens (including phenoxy) is 1. The molecule has 1 rings (SSSR count). The quantitative estimate of drug-likeness (QED) is 0.675. The number of carboxylic acids is 1. The van der Waals surface area contributed by atoms with E-state index >= 15 is 0 Å². The summed E-state index contributed by atoms with van der Waals surface area (Å²) >= 11 is 5.73. The molecule has 0 aliphatic rings. The predicted octanol–water partition coefficient (Wildman–Crippen LogP) is 2.83. The highest BCUT2D eigenvalue weighted by molar-refractivity contribution is 6.31. The summed E-state index contributed by atoms with van der Waals surface area (Å²) < 4.78 is 5.32. The third-order valence-corrected chi connectivity index (χ3v) is 2.68. The highest BCUT2D eigenvalue weighted by Gasteiger charge is 2.12. The summed E-state index contributed by atoms with van der Waals surface area (Å²) in [6.07, 6.45) is 0. The van der Waals surface area contributed by atoms with E-state index in [-0.39, 0.29) is 11.3 Å². The second-order valence-electron chi connectivity index (χ2n) is 4.84. The van der Waals surface area contributed by atoms with Gasteiger partial charge in [0.1, 0.15) is 0 Å². The number of anilines is 1. The van der Waals surface area contributed by atoms with Crippen LogP contribution in [0.1, 0.15) is 24.2 Å². The van der Waals surface area contributed by atoms with Gasteiger partial charge in [-0.15, -0.1) is 0 Å². The Kier molecular flexibility index (Phi) is 6.98. The van der Waals surface area contributed by atoms with Crippen LogP contribution in [0.25, 0.3) is 0 Å². The van der Waals surface area contributed by atoms with Gasteiger partial charge in [-0.3, -0.25) is 0 Å². The van der Waals surface area contributed by atoms with Gasteiger partial charge in [0, 0.05) is 18.2 Å². The van der Waals surface area contributed by atoms with Gasteiger partial charge in [-0.1, -0.05) is 25.4 Å². The number of urea groups is 1. The maximum absolute atomic E-state index is 11.7. The normalized spacial score (nSPS) is 10.5. The Morgan fingerprint density at radius 2 is 2.10 bits per heavy atom. The Hall–Kier alpha value is -1.79. The van der Waals surface area contributed by atoms with Crippen LogP contribution in [0.15, 0.2) is 18.2 Å². The number of halogens is 1. The molecule has 0 atom stereocenters. The van der Waals surface area contributed by atoms with Crippen LogP contribution in [-0.4, -0.2) is 36.9 Å². The van der Waals surface area contributed by atoms with Gasteiger partial charge >= 0.3 is 12.0 Å². The number of carbonyl (C=O) groups is 2. The molecule has 0 aromatic heterocycles. The number of nitrogens with one attached hydrogen (secondary N) is 2. The van der Waals surface area contributed by atoms with Crippen LogP contribution in [0.5, 0.6) is 0 Å². The van der Waals surface area contributed by atoms with Crippen LogP contribution in [0.3, 0.4) is 0 Å². The number of rotatable bonds is 7. The van der Waals surface area contributed by atoms with Gasteiger partial charge in [0.15, 0.2) is 0 Å². The number of hydrogen-bond donors (Lipinski definition) is 3. The SMILES string of the molecule is CC(C)COCCNC(=O)Nc1ccc(Cl)cc1C(=O)O. The van der Waals surface area contributed by atoms with Crippen molar-refractivity contribution >= 4 is 29.3 Å². The lowest BCUT2D eigenvalue weighted by Crippen LogP contribution is -2.32. The smallest absolute Gasteiger partial charge is 0.337 e.